The number of nitrogens with one attached hydrogen (secondary N) is 2. The van der Waals surface area contributed by atoms with Crippen molar-refractivity contribution in [2.24, 2.45) is 11.8 Å². The fraction of sp³-hybridized carbons (Fsp3) is 0.846. The number of ether oxygens (including phenoxy) is 1. The highest BCUT2D eigenvalue weighted by atomic mass is 16.5. The van der Waals surface area contributed by atoms with Crippen LogP contribution in [0.3, 0.4) is 0 Å². The van der Waals surface area contributed by atoms with E-state index in [4.69, 9.17) is 9.84 Å². The van der Waals surface area contributed by atoms with Gasteiger partial charge in [0.25, 0.3) is 0 Å². The summed E-state index contributed by atoms with van der Waals surface area (Å²) in [4.78, 5) is 22.1. The van der Waals surface area contributed by atoms with Gasteiger partial charge in [-0.15, -0.1) is 0 Å². The van der Waals surface area contributed by atoms with Gasteiger partial charge in [0.1, 0.15) is 0 Å². The van der Waals surface area contributed by atoms with Crippen molar-refractivity contribution in [3.05, 3.63) is 0 Å². The van der Waals surface area contributed by atoms with Crippen LogP contribution in [0.1, 0.15) is 33.1 Å². The van der Waals surface area contributed by atoms with Crippen molar-refractivity contribution in [2.45, 2.75) is 39.2 Å². The molecule has 0 aliphatic carbocycles. The first-order chi connectivity index (χ1) is 9.04. The van der Waals surface area contributed by atoms with Crippen LogP contribution in [0.25, 0.3) is 0 Å². The maximum Gasteiger partial charge on any atom is 0.314 e. The molecule has 3 unspecified atom stereocenters. The maximum atomic E-state index is 11.5. The molecule has 0 aromatic rings. The van der Waals surface area contributed by atoms with E-state index < -0.39 is 11.9 Å². The second-order valence-corrected chi connectivity index (χ2v) is 5.03. The van der Waals surface area contributed by atoms with Gasteiger partial charge in [0.15, 0.2) is 0 Å². The summed E-state index contributed by atoms with van der Waals surface area (Å²) in [6.07, 6.45) is 2.62. The minimum absolute atomic E-state index is 0.237. The number of hydrogen-bond acceptors (Lipinski definition) is 3. The van der Waals surface area contributed by atoms with Crippen molar-refractivity contribution in [3.63, 3.8) is 0 Å². The van der Waals surface area contributed by atoms with Gasteiger partial charge >= 0.3 is 12.0 Å². The fourth-order valence-electron chi connectivity index (χ4n) is 2.19. The predicted octanol–water partition coefficient (Wildman–Crippen LogP) is 1.21. The summed E-state index contributed by atoms with van der Waals surface area (Å²) in [5, 5.41) is 14.2. The van der Waals surface area contributed by atoms with Crippen LogP contribution >= 0.6 is 0 Å². The first-order valence-corrected chi connectivity index (χ1v) is 6.90. The number of carbonyl (C=O) groups is 2. The Balaban J connectivity index is 2.12. The van der Waals surface area contributed by atoms with Crippen LogP contribution in [0, 0.1) is 11.8 Å². The zero-order chi connectivity index (χ0) is 14.3. The van der Waals surface area contributed by atoms with Gasteiger partial charge in [-0.3, -0.25) is 4.79 Å². The molecular formula is C13H24N2O4. The van der Waals surface area contributed by atoms with Crippen LogP contribution < -0.4 is 10.6 Å². The molecular weight excluding hydrogens is 248 g/mol. The minimum Gasteiger partial charge on any atom is -0.481 e. The van der Waals surface area contributed by atoms with E-state index in [9.17, 15) is 9.59 Å². The van der Waals surface area contributed by atoms with E-state index in [0.29, 0.717) is 25.4 Å². The topological polar surface area (TPSA) is 87.7 Å². The predicted molar refractivity (Wildman–Crippen MR) is 71.0 cm³/mol. The van der Waals surface area contributed by atoms with Crippen molar-refractivity contribution >= 4 is 12.0 Å². The highest BCUT2D eigenvalue weighted by Gasteiger charge is 2.26. The molecule has 1 heterocycles. The third-order valence-corrected chi connectivity index (χ3v) is 3.56. The number of hydrogen-bond donors (Lipinski definition) is 3. The van der Waals surface area contributed by atoms with E-state index in [1.165, 1.54) is 0 Å². The SMILES string of the molecule is CCC1OCCC1CNC(=O)NCCC(C)C(=O)O. The normalized spacial score (nSPS) is 23.9. The largest absolute Gasteiger partial charge is 0.481 e. The Morgan fingerprint density at radius 2 is 2.16 bits per heavy atom. The molecule has 1 saturated heterocycles. The quantitative estimate of drug-likeness (QED) is 0.650. The minimum atomic E-state index is -0.837. The molecule has 19 heavy (non-hydrogen) atoms. The number of carboxylic acid groups (broad SMARTS) is 1. The van der Waals surface area contributed by atoms with E-state index in [1.807, 2.05) is 0 Å². The van der Waals surface area contributed by atoms with Crippen molar-refractivity contribution in [3.8, 4) is 0 Å². The van der Waals surface area contributed by atoms with Crippen LogP contribution in [-0.2, 0) is 9.53 Å². The van der Waals surface area contributed by atoms with E-state index in [2.05, 4.69) is 17.6 Å². The fourth-order valence-corrected chi connectivity index (χ4v) is 2.19. The van der Waals surface area contributed by atoms with E-state index in [0.717, 1.165) is 19.4 Å². The lowest BCUT2D eigenvalue weighted by Gasteiger charge is -2.17. The summed E-state index contributed by atoms with van der Waals surface area (Å²) < 4.78 is 5.55. The summed E-state index contributed by atoms with van der Waals surface area (Å²) >= 11 is 0. The molecule has 0 radical (unpaired) electrons. The number of urea groups is 1. The molecule has 1 rings (SSSR count). The lowest BCUT2D eigenvalue weighted by molar-refractivity contribution is -0.141. The lowest BCUT2D eigenvalue weighted by atomic mass is 10.00. The lowest BCUT2D eigenvalue weighted by Crippen LogP contribution is -2.40. The highest BCUT2D eigenvalue weighted by Crippen LogP contribution is 2.22. The van der Waals surface area contributed by atoms with Crippen LogP contribution in [0.4, 0.5) is 4.79 Å². The number of carboxylic acids is 1. The molecule has 0 spiro atoms. The first kappa shape index (κ1) is 15.8. The molecule has 1 fully saturated rings. The third-order valence-electron chi connectivity index (χ3n) is 3.56. The Hall–Kier alpha value is -1.30. The molecule has 1 aliphatic heterocycles. The molecule has 6 heteroatoms. The summed E-state index contributed by atoms with van der Waals surface area (Å²) in [6, 6.07) is -0.237. The molecule has 1 aliphatic rings. The molecule has 3 atom stereocenters. The standard InChI is InChI=1S/C13H24N2O4/c1-3-11-10(5-7-19-11)8-15-13(18)14-6-4-9(2)12(16)17/h9-11H,3-8H2,1-2H3,(H,16,17)(H2,14,15,18). The number of aliphatic carboxylic acids is 1. The zero-order valence-electron chi connectivity index (χ0n) is 11.6. The Morgan fingerprint density at radius 3 is 2.79 bits per heavy atom. The van der Waals surface area contributed by atoms with Gasteiger partial charge in [-0.1, -0.05) is 13.8 Å². The number of amides is 2. The Kier molecular flexibility index (Phi) is 6.62. The average molecular weight is 272 g/mol. The molecule has 110 valence electrons. The molecule has 6 nitrogen and oxygen atoms in total. The molecule has 3 N–H and O–H groups in total. The Morgan fingerprint density at radius 1 is 1.42 bits per heavy atom. The molecule has 0 aromatic carbocycles. The van der Waals surface area contributed by atoms with E-state index >= 15 is 0 Å². The Bertz CT molecular complexity index is 309. The summed E-state index contributed by atoms with van der Waals surface area (Å²) in [5.74, 6) is -0.891. The van der Waals surface area contributed by atoms with Crippen LogP contribution in [0.2, 0.25) is 0 Å². The molecule has 0 bridgehead atoms. The van der Waals surface area contributed by atoms with Gasteiger partial charge in [0.05, 0.1) is 12.0 Å². The average Bonchev–Trinajstić information content (AvgIpc) is 2.83. The summed E-state index contributed by atoms with van der Waals surface area (Å²) in [6.45, 7) is 5.46. The zero-order valence-corrected chi connectivity index (χ0v) is 11.6. The molecule has 2 amide bonds. The molecule has 0 saturated carbocycles. The second-order valence-electron chi connectivity index (χ2n) is 5.03. The monoisotopic (exact) mass is 272 g/mol. The van der Waals surface area contributed by atoms with Crippen LogP contribution in [-0.4, -0.2) is 42.9 Å². The number of carbonyl (C=O) groups excluding carboxylic acids is 1. The van der Waals surface area contributed by atoms with Crippen molar-refractivity contribution in [1.82, 2.24) is 10.6 Å². The summed E-state index contributed by atoms with van der Waals surface area (Å²) in [7, 11) is 0. The van der Waals surface area contributed by atoms with E-state index in [-0.39, 0.29) is 12.1 Å². The van der Waals surface area contributed by atoms with Crippen LogP contribution in [0.5, 0.6) is 0 Å². The van der Waals surface area contributed by atoms with Gasteiger partial charge in [-0.2, -0.15) is 0 Å². The van der Waals surface area contributed by atoms with Gasteiger partial charge < -0.3 is 20.5 Å². The van der Waals surface area contributed by atoms with Crippen molar-refractivity contribution in [2.75, 3.05) is 19.7 Å². The maximum absolute atomic E-state index is 11.5. The molecule has 0 aromatic heterocycles. The van der Waals surface area contributed by atoms with Gasteiger partial charge in [-0.05, 0) is 19.3 Å². The third kappa shape index (κ3) is 5.46. The van der Waals surface area contributed by atoms with E-state index in [1.54, 1.807) is 6.92 Å². The smallest absolute Gasteiger partial charge is 0.314 e. The number of rotatable bonds is 7. The summed E-state index contributed by atoms with van der Waals surface area (Å²) in [5.41, 5.74) is 0. The van der Waals surface area contributed by atoms with Crippen LogP contribution in [0.15, 0.2) is 0 Å². The van der Waals surface area contributed by atoms with Gasteiger partial charge in [0, 0.05) is 25.6 Å². The second kappa shape index (κ2) is 7.99. The van der Waals surface area contributed by atoms with Gasteiger partial charge in [-0.25, -0.2) is 4.79 Å². The first-order valence-electron chi connectivity index (χ1n) is 6.90. The van der Waals surface area contributed by atoms with Gasteiger partial charge in [0.2, 0.25) is 0 Å². The van der Waals surface area contributed by atoms with Crippen molar-refractivity contribution < 1.29 is 19.4 Å². The Labute approximate surface area is 113 Å². The highest BCUT2D eigenvalue weighted by molar-refractivity contribution is 5.74. The van der Waals surface area contributed by atoms with Crippen molar-refractivity contribution in [1.29, 1.82) is 0 Å².